The van der Waals surface area contributed by atoms with E-state index < -0.39 is 0 Å². The lowest BCUT2D eigenvalue weighted by molar-refractivity contribution is 0.101. The highest BCUT2D eigenvalue weighted by molar-refractivity contribution is 5.94. The third-order valence-electron chi connectivity index (χ3n) is 2.35. The number of rotatable bonds is 3. The van der Waals surface area contributed by atoms with Gasteiger partial charge in [-0.05, 0) is 44.2 Å². The van der Waals surface area contributed by atoms with E-state index in [-0.39, 0.29) is 5.78 Å². The van der Waals surface area contributed by atoms with Crippen LogP contribution in [0.15, 0.2) is 42.5 Å². The van der Waals surface area contributed by atoms with Crippen molar-refractivity contribution in [1.29, 1.82) is 0 Å². The molecule has 1 aromatic carbocycles. The fourth-order valence-electron chi connectivity index (χ4n) is 1.45. The maximum absolute atomic E-state index is 11.1. The Morgan fingerprint density at radius 1 is 1.12 bits per heavy atom. The summed E-state index contributed by atoms with van der Waals surface area (Å²) in [7, 11) is 0. The number of Topliss-reactive ketones (excluding diaryl/α,β-unsaturated/α-hetero) is 1. The van der Waals surface area contributed by atoms with Gasteiger partial charge in [0.2, 0.25) is 5.88 Å². The minimum absolute atomic E-state index is 0.0465. The van der Waals surface area contributed by atoms with E-state index in [4.69, 9.17) is 4.74 Å². The Kier molecular flexibility index (Phi) is 3.19. The predicted molar refractivity (Wildman–Crippen MR) is 65.5 cm³/mol. The molecule has 0 atom stereocenters. The van der Waals surface area contributed by atoms with Gasteiger partial charge in [-0.25, -0.2) is 4.98 Å². The maximum atomic E-state index is 11.1. The van der Waals surface area contributed by atoms with Gasteiger partial charge in [0.25, 0.3) is 0 Å². The van der Waals surface area contributed by atoms with Crippen LogP contribution < -0.4 is 4.74 Å². The first kappa shape index (κ1) is 11.3. The molecule has 3 heteroatoms. The van der Waals surface area contributed by atoms with Gasteiger partial charge < -0.3 is 4.74 Å². The minimum Gasteiger partial charge on any atom is -0.439 e. The van der Waals surface area contributed by atoms with Gasteiger partial charge in [-0.2, -0.15) is 0 Å². The molecule has 0 unspecified atom stereocenters. The number of benzene rings is 1. The molecule has 0 saturated carbocycles. The Bertz CT molecular complexity index is 532. The Hall–Kier alpha value is -2.16. The second kappa shape index (κ2) is 4.78. The number of carbonyl (C=O) groups excluding carboxylic acids is 1. The number of hydrogen-bond donors (Lipinski definition) is 0. The highest BCUT2D eigenvalue weighted by Crippen LogP contribution is 2.19. The summed E-state index contributed by atoms with van der Waals surface area (Å²) < 4.78 is 5.57. The summed E-state index contributed by atoms with van der Waals surface area (Å²) in [5.74, 6) is 1.28. The molecule has 0 saturated heterocycles. The van der Waals surface area contributed by atoms with Crippen LogP contribution in [-0.2, 0) is 0 Å². The first-order valence-corrected chi connectivity index (χ1v) is 5.37. The number of ketones is 1. The second-order valence-corrected chi connectivity index (χ2v) is 3.80. The highest BCUT2D eigenvalue weighted by atomic mass is 16.5. The average Bonchev–Trinajstić information content (AvgIpc) is 2.29. The number of ether oxygens (including phenoxy) is 1. The highest BCUT2D eigenvalue weighted by Gasteiger charge is 2.01. The van der Waals surface area contributed by atoms with Crippen LogP contribution in [0, 0.1) is 6.92 Å². The number of aryl methyl sites for hydroxylation is 1. The van der Waals surface area contributed by atoms with Crippen LogP contribution in [0.3, 0.4) is 0 Å². The monoisotopic (exact) mass is 227 g/mol. The van der Waals surface area contributed by atoms with Gasteiger partial charge in [-0.15, -0.1) is 0 Å². The Morgan fingerprint density at radius 2 is 1.82 bits per heavy atom. The van der Waals surface area contributed by atoms with Gasteiger partial charge in [0.05, 0.1) is 0 Å². The van der Waals surface area contributed by atoms with E-state index in [0.29, 0.717) is 17.2 Å². The van der Waals surface area contributed by atoms with E-state index in [1.807, 2.05) is 19.1 Å². The van der Waals surface area contributed by atoms with Crippen molar-refractivity contribution in [3.05, 3.63) is 53.7 Å². The van der Waals surface area contributed by atoms with Crippen molar-refractivity contribution in [2.75, 3.05) is 0 Å². The molecule has 17 heavy (non-hydrogen) atoms. The van der Waals surface area contributed by atoms with E-state index >= 15 is 0 Å². The van der Waals surface area contributed by atoms with Crippen LogP contribution in [0.1, 0.15) is 23.0 Å². The Balaban J connectivity index is 2.16. The summed E-state index contributed by atoms with van der Waals surface area (Å²) in [6.45, 7) is 3.45. The zero-order valence-corrected chi connectivity index (χ0v) is 9.81. The quantitative estimate of drug-likeness (QED) is 0.754. The summed E-state index contributed by atoms with van der Waals surface area (Å²) in [5.41, 5.74) is 1.58. The van der Waals surface area contributed by atoms with E-state index in [1.54, 1.807) is 30.3 Å². The van der Waals surface area contributed by atoms with Gasteiger partial charge in [-0.3, -0.25) is 4.79 Å². The standard InChI is InChI=1S/C14H13NO2/c1-10-4-3-5-14(15-10)17-13-8-6-12(7-9-13)11(2)16/h3-9H,1-2H3. The van der Waals surface area contributed by atoms with Crippen LogP contribution >= 0.6 is 0 Å². The smallest absolute Gasteiger partial charge is 0.219 e. The van der Waals surface area contributed by atoms with E-state index in [1.165, 1.54) is 6.92 Å². The van der Waals surface area contributed by atoms with Crippen molar-refractivity contribution in [3.8, 4) is 11.6 Å². The third kappa shape index (κ3) is 2.91. The molecule has 0 aliphatic carbocycles. The van der Waals surface area contributed by atoms with Crippen molar-refractivity contribution in [3.63, 3.8) is 0 Å². The second-order valence-electron chi connectivity index (χ2n) is 3.80. The van der Waals surface area contributed by atoms with Crippen LogP contribution in [0.25, 0.3) is 0 Å². The normalized spacial score (nSPS) is 10.0. The molecule has 0 aliphatic rings. The molecular formula is C14H13NO2. The summed E-state index contributed by atoms with van der Waals surface area (Å²) in [6.07, 6.45) is 0. The molecule has 86 valence electrons. The van der Waals surface area contributed by atoms with E-state index in [0.717, 1.165) is 5.69 Å². The fraction of sp³-hybridized carbons (Fsp3) is 0.143. The lowest BCUT2D eigenvalue weighted by Gasteiger charge is -2.05. The molecule has 0 amide bonds. The van der Waals surface area contributed by atoms with Gasteiger partial charge in [-0.1, -0.05) is 6.07 Å². The van der Waals surface area contributed by atoms with Gasteiger partial charge in [0.1, 0.15) is 5.75 Å². The summed E-state index contributed by atoms with van der Waals surface area (Å²) in [6, 6.07) is 12.6. The van der Waals surface area contributed by atoms with Crippen molar-refractivity contribution < 1.29 is 9.53 Å². The average molecular weight is 227 g/mol. The van der Waals surface area contributed by atoms with Crippen molar-refractivity contribution in [1.82, 2.24) is 4.98 Å². The van der Waals surface area contributed by atoms with Crippen LogP contribution in [-0.4, -0.2) is 10.8 Å². The molecule has 0 radical (unpaired) electrons. The maximum Gasteiger partial charge on any atom is 0.219 e. The molecule has 0 fully saturated rings. The lowest BCUT2D eigenvalue weighted by atomic mass is 10.1. The summed E-state index contributed by atoms with van der Waals surface area (Å²) in [4.78, 5) is 15.3. The van der Waals surface area contributed by atoms with Crippen molar-refractivity contribution >= 4 is 5.78 Å². The zero-order chi connectivity index (χ0) is 12.3. The molecule has 2 rings (SSSR count). The SMILES string of the molecule is CC(=O)c1ccc(Oc2cccc(C)n2)cc1. The molecule has 0 spiro atoms. The topological polar surface area (TPSA) is 39.2 Å². The lowest BCUT2D eigenvalue weighted by Crippen LogP contribution is -1.92. The third-order valence-corrected chi connectivity index (χ3v) is 2.35. The molecule has 1 heterocycles. The molecule has 1 aromatic heterocycles. The molecule has 0 N–H and O–H groups in total. The summed E-state index contributed by atoms with van der Waals surface area (Å²) in [5, 5.41) is 0. The number of pyridine rings is 1. The first-order chi connectivity index (χ1) is 8.15. The number of nitrogens with zero attached hydrogens (tertiary/aromatic N) is 1. The summed E-state index contributed by atoms with van der Waals surface area (Å²) >= 11 is 0. The van der Waals surface area contributed by atoms with Gasteiger partial charge >= 0.3 is 0 Å². The molecule has 2 aromatic rings. The van der Waals surface area contributed by atoms with E-state index in [2.05, 4.69) is 4.98 Å². The number of carbonyl (C=O) groups is 1. The molecular weight excluding hydrogens is 214 g/mol. The van der Waals surface area contributed by atoms with Gasteiger partial charge in [0, 0.05) is 17.3 Å². The largest absolute Gasteiger partial charge is 0.439 e. The van der Waals surface area contributed by atoms with Crippen LogP contribution in [0.4, 0.5) is 0 Å². The van der Waals surface area contributed by atoms with Crippen molar-refractivity contribution in [2.45, 2.75) is 13.8 Å². The molecule has 0 bridgehead atoms. The molecule has 3 nitrogen and oxygen atoms in total. The fourth-order valence-corrected chi connectivity index (χ4v) is 1.45. The van der Waals surface area contributed by atoms with Crippen LogP contribution in [0.5, 0.6) is 11.6 Å². The molecule has 0 aliphatic heterocycles. The zero-order valence-electron chi connectivity index (χ0n) is 9.81. The number of hydrogen-bond acceptors (Lipinski definition) is 3. The Morgan fingerprint density at radius 3 is 2.41 bits per heavy atom. The van der Waals surface area contributed by atoms with E-state index in [9.17, 15) is 4.79 Å². The Labute approximate surface area is 100 Å². The van der Waals surface area contributed by atoms with Crippen molar-refractivity contribution in [2.24, 2.45) is 0 Å². The first-order valence-electron chi connectivity index (χ1n) is 5.37. The van der Waals surface area contributed by atoms with Gasteiger partial charge in [0.15, 0.2) is 5.78 Å². The minimum atomic E-state index is 0.0465. The predicted octanol–water partition coefficient (Wildman–Crippen LogP) is 3.38. The van der Waals surface area contributed by atoms with Crippen LogP contribution in [0.2, 0.25) is 0 Å². The number of aromatic nitrogens is 1.